The molecule has 1 N–H and O–H groups in total. The summed E-state index contributed by atoms with van der Waals surface area (Å²) in [5.41, 5.74) is 0.164. The maximum absolute atomic E-state index is 14.2. The Hall–Kier alpha value is -3.05. The summed E-state index contributed by atoms with van der Waals surface area (Å²) in [6.45, 7) is 12.1. The fraction of sp³-hybridized carbons (Fsp3) is 0.607. The van der Waals surface area contributed by atoms with Gasteiger partial charge in [-0.15, -0.1) is 10.2 Å². The molecule has 40 heavy (non-hydrogen) atoms. The second kappa shape index (κ2) is 11.4. The van der Waals surface area contributed by atoms with Crippen molar-refractivity contribution in [3.63, 3.8) is 0 Å². The Labute approximate surface area is 239 Å². The summed E-state index contributed by atoms with van der Waals surface area (Å²) in [7, 11) is 0. The summed E-state index contributed by atoms with van der Waals surface area (Å²) in [4.78, 5) is 36.3. The minimum Gasteiger partial charge on any atom is -0.434 e. The molecule has 1 aromatic carbocycles. The first-order chi connectivity index (χ1) is 19.1. The number of hydrogen-bond acceptors (Lipinski definition) is 8. The lowest BCUT2D eigenvalue weighted by molar-refractivity contribution is -0.136. The van der Waals surface area contributed by atoms with Crippen LogP contribution in [0.4, 0.5) is 10.2 Å². The number of nitrogens with one attached hydrogen (secondary N) is 1. The molecule has 10 nitrogen and oxygen atoms in total. The van der Waals surface area contributed by atoms with Gasteiger partial charge in [-0.25, -0.2) is 4.39 Å². The third-order valence-electron chi connectivity index (χ3n) is 8.50. The normalized spacial score (nSPS) is 22.0. The van der Waals surface area contributed by atoms with Gasteiger partial charge in [0, 0.05) is 44.2 Å². The van der Waals surface area contributed by atoms with E-state index in [1.165, 1.54) is 18.2 Å². The maximum atomic E-state index is 14.2. The monoisotopic (exact) mass is 573 g/mol. The predicted molar refractivity (Wildman–Crippen MR) is 149 cm³/mol. The number of hydrogen-bond donors (Lipinski definition) is 1. The van der Waals surface area contributed by atoms with Crippen molar-refractivity contribution < 1.29 is 18.7 Å². The lowest BCUT2D eigenvalue weighted by Crippen LogP contribution is -2.62. The van der Waals surface area contributed by atoms with Crippen molar-refractivity contribution in [3.05, 3.63) is 34.9 Å². The zero-order valence-corrected chi connectivity index (χ0v) is 24.2. The van der Waals surface area contributed by atoms with Crippen LogP contribution in [0.25, 0.3) is 0 Å². The van der Waals surface area contributed by atoms with Crippen LogP contribution in [0.2, 0.25) is 5.28 Å². The van der Waals surface area contributed by atoms with Crippen LogP contribution in [0.1, 0.15) is 57.3 Å². The first-order valence-electron chi connectivity index (χ1n) is 14.1. The zero-order valence-electron chi connectivity index (χ0n) is 23.5. The van der Waals surface area contributed by atoms with Gasteiger partial charge in [0.15, 0.2) is 5.82 Å². The van der Waals surface area contributed by atoms with Crippen LogP contribution >= 0.6 is 11.6 Å². The lowest BCUT2D eigenvalue weighted by atomic mass is 9.72. The highest BCUT2D eigenvalue weighted by Crippen LogP contribution is 2.45. The largest absolute Gasteiger partial charge is 0.434 e. The number of nitrogens with zero attached hydrogens (tertiary/aromatic N) is 6. The van der Waals surface area contributed by atoms with Crippen molar-refractivity contribution in [2.75, 3.05) is 44.2 Å². The van der Waals surface area contributed by atoms with Crippen molar-refractivity contribution in [2.45, 2.75) is 59.0 Å². The molecule has 5 rings (SSSR count). The Bertz CT molecular complexity index is 1260. The van der Waals surface area contributed by atoms with Gasteiger partial charge >= 0.3 is 0 Å². The summed E-state index contributed by atoms with van der Waals surface area (Å²) in [5.74, 6) is 0.389. The van der Waals surface area contributed by atoms with Crippen LogP contribution in [-0.4, -0.2) is 88.1 Å². The van der Waals surface area contributed by atoms with Crippen molar-refractivity contribution >= 4 is 29.2 Å². The number of carbonyl (C=O) groups excluding carboxylic acids is 2. The van der Waals surface area contributed by atoms with E-state index < -0.39 is 5.82 Å². The Kier molecular flexibility index (Phi) is 8.15. The summed E-state index contributed by atoms with van der Waals surface area (Å²) < 4.78 is 20.3. The van der Waals surface area contributed by atoms with E-state index in [-0.39, 0.29) is 51.8 Å². The summed E-state index contributed by atoms with van der Waals surface area (Å²) >= 11 is 6.12. The number of piperidine rings is 1. The molecule has 12 heteroatoms. The van der Waals surface area contributed by atoms with Gasteiger partial charge in [-0.2, -0.15) is 4.98 Å². The summed E-state index contributed by atoms with van der Waals surface area (Å²) in [6.07, 6.45) is 2.83. The average molecular weight is 574 g/mol. The predicted octanol–water partition coefficient (Wildman–Crippen LogP) is 3.75. The molecular formula is C28H37ClFN7O3. The van der Waals surface area contributed by atoms with Crippen LogP contribution in [0.3, 0.4) is 0 Å². The standard InChI is InChI=1S/C28H37ClFN7O3/c1-5-37(17(2)3)25(38)20-14-19(30)6-7-21(20)40-24-23(32-27(29)34-33-24)36-15-28(16-36)9-12-35(13-10-28)26(39)22-18(4)8-11-31-22/h6-7,14,17-18,22,31H,5,8-13,15-16H2,1-4H3/t18-,22-/m0/s1. The number of likely N-dealkylation sites (tertiary alicyclic amines) is 1. The molecule has 2 amide bonds. The minimum atomic E-state index is -0.538. The number of rotatable bonds is 7. The molecule has 3 aliphatic heterocycles. The topological polar surface area (TPSA) is 104 Å². The van der Waals surface area contributed by atoms with E-state index >= 15 is 0 Å². The molecule has 0 saturated carbocycles. The Morgan fingerprint density at radius 1 is 1.25 bits per heavy atom. The molecule has 4 heterocycles. The van der Waals surface area contributed by atoms with Gasteiger partial charge in [0.25, 0.3) is 11.8 Å². The van der Waals surface area contributed by atoms with Gasteiger partial charge in [-0.1, -0.05) is 6.92 Å². The van der Waals surface area contributed by atoms with Gasteiger partial charge in [-0.05, 0) is 82.3 Å². The van der Waals surface area contributed by atoms with Crippen LogP contribution in [0, 0.1) is 17.2 Å². The number of aromatic nitrogens is 3. The SMILES string of the molecule is CCN(C(=O)c1cc(F)ccc1Oc1nnc(Cl)nc1N1CC2(CCN(C(=O)[C@H]3NCC[C@@H]3C)CC2)C1)C(C)C. The minimum absolute atomic E-state index is 0.0192. The maximum Gasteiger partial charge on any atom is 0.282 e. The van der Waals surface area contributed by atoms with Gasteiger partial charge in [-0.3, -0.25) is 9.59 Å². The zero-order chi connectivity index (χ0) is 28.6. The third-order valence-corrected chi connectivity index (χ3v) is 8.66. The van der Waals surface area contributed by atoms with E-state index in [1.807, 2.05) is 30.6 Å². The second-order valence-electron chi connectivity index (χ2n) is 11.5. The third kappa shape index (κ3) is 5.58. The van der Waals surface area contributed by atoms with Gasteiger partial charge in [0.05, 0.1) is 11.6 Å². The van der Waals surface area contributed by atoms with E-state index in [1.54, 1.807) is 4.90 Å². The van der Waals surface area contributed by atoms with Crippen molar-refractivity contribution in [3.8, 4) is 11.6 Å². The van der Waals surface area contributed by atoms with Crippen LogP contribution in [0.15, 0.2) is 18.2 Å². The lowest BCUT2D eigenvalue weighted by Gasteiger charge is -2.54. The number of halogens is 2. The first kappa shape index (κ1) is 28.5. The molecule has 3 fully saturated rings. The van der Waals surface area contributed by atoms with E-state index in [4.69, 9.17) is 16.3 Å². The number of ether oxygens (including phenoxy) is 1. The number of benzene rings is 1. The fourth-order valence-corrected chi connectivity index (χ4v) is 6.23. The average Bonchev–Trinajstić information content (AvgIpc) is 3.34. The van der Waals surface area contributed by atoms with Crippen LogP contribution < -0.4 is 15.0 Å². The molecule has 3 saturated heterocycles. The molecule has 0 unspecified atom stereocenters. The quantitative estimate of drug-likeness (QED) is 0.534. The molecule has 1 aromatic heterocycles. The van der Waals surface area contributed by atoms with E-state index in [0.717, 1.165) is 38.9 Å². The van der Waals surface area contributed by atoms with Gasteiger partial charge in [0.2, 0.25) is 11.2 Å². The summed E-state index contributed by atoms with van der Waals surface area (Å²) in [5, 5.41) is 11.3. The highest BCUT2D eigenvalue weighted by atomic mass is 35.5. The smallest absolute Gasteiger partial charge is 0.282 e. The number of amides is 2. The molecule has 0 bridgehead atoms. The number of anilines is 1. The molecule has 0 radical (unpaired) electrons. The van der Waals surface area contributed by atoms with Gasteiger partial charge in [0.1, 0.15) is 11.6 Å². The molecule has 2 atom stereocenters. The van der Waals surface area contributed by atoms with Gasteiger partial charge < -0.3 is 24.8 Å². The van der Waals surface area contributed by atoms with Crippen LogP contribution in [0.5, 0.6) is 11.6 Å². The molecular weight excluding hydrogens is 537 g/mol. The van der Waals surface area contributed by atoms with E-state index in [0.29, 0.717) is 31.4 Å². The second-order valence-corrected chi connectivity index (χ2v) is 11.9. The molecule has 3 aliphatic rings. The Morgan fingerprint density at radius 2 is 1.98 bits per heavy atom. The first-order valence-corrected chi connectivity index (χ1v) is 14.4. The molecule has 216 valence electrons. The van der Waals surface area contributed by atoms with Crippen LogP contribution in [-0.2, 0) is 4.79 Å². The molecule has 1 spiro atoms. The van der Waals surface area contributed by atoms with Crippen molar-refractivity contribution in [1.29, 1.82) is 0 Å². The van der Waals surface area contributed by atoms with E-state index in [9.17, 15) is 14.0 Å². The molecule has 0 aliphatic carbocycles. The fourth-order valence-electron chi connectivity index (χ4n) is 6.11. The Balaban J connectivity index is 1.29. The number of carbonyl (C=O) groups is 2. The van der Waals surface area contributed by atoms with Crippen molar-refractivity contribution in [2.24, 2.45) is 11.3 Å². The highest BCUT2D eigenvalue weighted by Gasteiger charge is 2.48. The highest BCUT2D eigenvalue weighted by molar-refractivity contribution is 6.28. The van der Waals surface area contributed by atoms with E-state index in [2.05, 4.69) is 27.4 Å². The summed E-state index contributed by atoms with van der Waals surface area (Å²) in [6, 6.07) is 3.69. The van der Waals surface area contributed by atoms with Crippen molar-refractivity contribution in [1.82, 2.24) is 30.3 Å². The Morgan fingerprint density at radius 3 is 2.60 bits per heavy atom. The molecule has 2 aromatic rings.